The van der Waals surface area contributed by atoms with Gasteiger partial charge in [-0.3, -0.25) is 0 Å². The number of aryl methyl sites for hydroxylation is 1. The van der Waals surface area contributed by atoms with Gasteiger partial charge < -0.3 is 20.1 Å². The lowest BCUT2D eigenvalue weighted by Crippen LogP contribution is -2.50. The van der Waals surface area contributed by atoms with Crippen LogP contribution in [0.5, 0.6) is 5.75 Å². The topological polar surface area (TPSA) is 61.8 Å². The number of nitrogens with one attached hydrogen (secondary N) is 1. The fourth-order valence-electron chi connectivity index (χ4n) is 3.08. The predicted molar refractivity (Wildman–Crippen MR) is 95.3 cm³/mol. The highest BCUT2D eigenvalue weighted by Crippen LogP contribution is 2.34. The number of ether oxygens (including phenoxy) is 1. The average Bonchev–Trinajstić information content (AvgIpc) is 2.60. The van der Waals surface area contributed by atoms with Crippen LogP contribution in [0, 0.1) is 12.3 Å². The second-order valence-corrected chi connectivity index (χ2v) is 6.98. The fraction of sp³-hybridized carbons (Fsp3) is 0.632. The van der Waals surface area contributed by atoms with Gasteiger partial charge in [0.15, 0.2) is 0 Å². The van der Waals surface area contributed by atoms with Gasteiger partial charge in [-0.2, -0.15) is 0 Å². The summed E-state index contributed by atoms with van der Waals surface area (Å²) >= 11 is 0. The molecule has 24 heavy (non-hydrogen) atoms. The lowest BCUT2D eigenvalue weighted by molar-refractivity contribution is 0.0512. The van der Waals surface area contributed by atoms with E-state index in [0.717, 1.165) is 30.6 Å². The van der Waals surface area contributed by atoms with Gasteiger partial charge in [0.2, 0.25) is 0 Å². The highest BCUT2D eigenvalue weighted by Gasteiger charge is 2.34. The molecule has 0 spiro atoms. The minimum Gasteiger partial charge on any atom is -0.491 e. The monoisotopic (exact) mass is 334 g/mol. The van der Waals surface area contributed by atoms with E-state index in [-0.39, 0.29) is 24.1 Å². The number of urea groups is 1. The molecule has 1 aliphatic heterocycles. The van der Waals surface area contributed by atoms with Gasteiger partial charge in [-0.1, -0.05) is 19.1 Å². The third kappa shape index (κ3) is 4.87. The first-order valence-electron chi connectivity index (χ1n) is 8.84. The van der Waals surface area contributed by atoms with Gasteiger partial charge in [-0.05, 0) is 56.2 Å². The van der Waals surface area contributed by atoms with E-state index in [4.69, 9.17) is 4.74 Å². The molecule has 0 radical (unpaired) electrons. The third-order valence-electron chi connectivity index (χ3n) is 5.06. The maximum atomic E-state index is 12.4. The lowest BCUT2D eigenvalue weighted by Gasteiger charge is -2.40. The summed E-state index contributed by atoms with van der Waals surface area (Å²) in [7, 11) is 0. The van der Waals surface area contributed by atoms with Gasteiger partial charge in [0.1, 0.15) is 12.4 Å². The molecule has 1 aromatic rings. The molecule has 1 heterocycles. The Kier molecular flexibility index (Phi) is 6.49. The van der Waals surface area contributed by atoms with E-state index in [2.05, 4.69) is 12.2 Å². The first kappa shape index (κ1) is 18.6. The summed E-state index contributed by atoms with van der Waals surface area (Å²) in [6.45, 7) is 8.13. The summed E-state index contributed by atoms with van der Waals surface area (Å²) in [4.78, 5) is 14.2. The Labute approximate surface area is 145 Å². The van der Waals surface area contributed by atoms with E-state index in [1.807, 2.05) is 43.0 Å². The Morgan fingerprint density at radius 1 is 1.42 bits per heavy atom. The fourth-order valence-corrected chi connectivity index (χ4v) is 3.08. The molecule has 0 bridgehead atoms. The van der Waals surface area contributed by atoms with Crippen molar-refractivity contribution in [1.82, 2.24) is 10.2 Å². The van der Waals surface area contributed by atoms with E-state index in [1.165, 1.54) is 0 Å². The van der Waals surface area contributed by atoms with Gasteiger partial charge >= 0.3 is 6.03 Å². The highest BCUT2D eigenvalue weighted by atomic mass is 16.5. The van der Waals surface area contributed by atoms with E-state index in [1.54, 1.807) is 0 Å². The number of benzene rings is 1. The number of carbonyl (C=O) groups is 1. The molecule has 1 aliphatic rings. The highest BCUT2D eigenvalue weighted by molar-refractivity contribution is 5.74. The van der Waals surface area contributed by atoms with Gasteiger partial charge in [0.05, 0.1) is 6.04 Å². The van der Waals surface area contributed by atoms with Gasteiger partial charge in [-0.15, -0.1) is 0 Å². The van der Waals surface area contributed by atoms with Crippen LogP contribution in [0.4, 0.5) is 4.79 Å². The molecule has 2 amide bonds. The molecule has 5 nitrogen and oxygen atoms in total. The zero-order valence-electron chi connectivity index (χ0n) is 15.0. The largest absolute Gasteiger partial charge is 0.491 e. The van der Waals surface area contributed by atoms with Crippen LogP contribution in [-0.2, 0) is 0 Å². The number of amides is 2. The second kappa shape index (κ2) is 8.38. The first-order chi connectivity index (χ1) is 11.5. The molecule has 1 saturated heterocycles. The smallest absolute Gasteiger partial charge is 0.317 e. The summed E-state index contributed by atoms with van der Waals surface area (Å²) in [5.74, 6) is 0.824. The standard InChI is InChI=1S/C19H30N2O3/c1-4-19(14-22)8-10-21(11-9-19)18(23)20-16(3)13-24-17-7-5-6-15(2)12-17/h5-7,12,16,22H,4,8-11,13-14H2,1-3H3,(H,20,23). The van der Waals surface area contributed by atoms with Crippen molar-refractivity contribution in [2.75, 3.05) is 26.3 Å². The summed E-state index contributed by atoms with van der Waals surface area (Å²) in [5.41, 5.74) is 1.15. The minimum absolute atomic E-state index is 0.00330. The van der Waals surface area contributed by atoms with Crippen molar-refractivity contribution in [2.24, 2.45) is 5.41 Å². The van der Waals surface area contributed by atoms with Crippen molar-refractivity contribution >= 4 is 6.03 Å². The summed E-state index contributed by atoms with van der Waals surface area (Å²) in [6.07, 6.45) is 2.68. The molecule has 0 aromatic heterocycles. The molecule has 1 aromatic carbocycles. The number of nitrogens with zero attached hydrogens (tertiary/aromatic N) is 1. The van der Waals surface area contributed by atoms with Crippen LogP contribution in [0.25, 0.3) is 0 Å². The Morgan fingerprint density at radius 3 is 2.71 bits per heavy atom. The number of carbonyl (C=O) groups excluding carboxylic acids is 1. The third-order valence-corrected chi connectivity index (χ3v) is 5.06. The minimum atomic E-state index is -0.0614. The predicted octanol–water partition coefficient (Wildman–Crippen LogP) is 2.96. The molecule has 134 valence electrons. The van der Waals surface area contributed by atoms with Crippen molar-refractivity contribution in [2.45, 2.75) is 46.1 Å². The van der Waals surface area contributed by atoms with Crippen LogP contribution in [0.15, 0.2) is 24.3 Å². The van der Waals surface area contributed by atoms with Crippen LogP contribution < -0.4 is 10.1 Å². The molecule has 0 saturated carbocycles. The maximum Gasteiger partial charge on any atom is 0.317 e. The first-order valence-corrected chi connectivity index (χ1v) is 8.84. The van der Waals surface area contributed by atoms with Crippen LogP contribution >= 0.6 is 0 Å². The quantitative estimate of drug-likeness (QED) is 0.841. The lowest BCUT2D eigenvalue weighted by atomic mass is 9.77. The van der Waals surface area contributed by atoms with Crippen molar-refractivity contribution in [3.8, 4) is 5.75 Å². The zero-order chi connectivity index (χ0) is 17.6. The molecule has 1 unspecified atom stereocenters. The molecule has 1 fully saturated rings. The van der Waals surface area contributed by atoms with Crippen LogP contribution in [-0.4, -0.2) is 48.4 Å². The molecule has 2 rings (SSSR count). The van der Waals surface area contributed by atoms with Crippen molar-refractivity contribution in [1.29, 1.82) is 0 Å². The number of aliphatic hydroxyl groups is 1. The Balaban J connectivity index is 1.76. The van der Waals surface area contributed by atoms with E-state index < -0.39 is 0 Å². The summed E-state index contributed by atoms with van der Waals surface area (Å²) in [6, 6.07) is 7.79. The normalized spacial score (nSPS) is 18.1. The number of rotatable bonds is 6. The van der Waals surface area contributed by atoms with Crippen LogP contribution in [0.2, 0.25) is 0 Å². The van der Waals surface area contributed by atoms with Gasteiger partial charge in [-0.25, -0.2) is 4.79 Å². The molecule has 1 atom stereocenters. The Hall–Kier alpha value is -1.75. The zero-order valence-corrected chi connectivity index (χ0v) is 15.0. The molecule has 5 heteroatoms. The SMILES string of the molecule is CCC1(CO)CCN(C(=O)NC(C)COc2cccc(C)c2)CC1. The molecule has 2 N–H and O–H groups in total. The van der Waals surface area contributed by atoms with Gasteiger partial charge in [0.25, 0.3) is 0 Å². The molecular weight excluding hydrogens is 304 g/mol. The number of hydrogen-bond donors (Lipinski definition) is 2. The van der Waals surface area contributed by atoms with E-state index in [9.17, 15) is 9.90 Å². The van der Waals surface area contributed by atoms with E-state index >= 15 is 0 Å². The number of likely N-dealkylation sites (tertiary alicyclic amines) is 1. The number of hydrogen-bond acceptors (Lipinski definition) is 3. The van der Waals surface area contributed by atoms with Crippen molar-refractivity contribution in [3.63, 3.8) is 0 Å². The van der Waals surface area contributed by atoms with Gasteiger partial charge in [0, 0.05) is 19.7 Å². The second-order valence-electron chi connectivity index (χ2n) is 6.98. The Bertz CT molecular complexity index is 533. The van der Waals surface area contributed by atoms with E-state index in [0.29, 0.717) is 19.7 Å². The molecular formula is C19H30N2O3. The summed E-state index contributed by atoms with van der Waals surface area (Å²) in [5, 5.41) is 12.6. The number of aliphatic hydroxyl groups excluding tert-OH is 1. The average molecular weight is 334 g/mol. The van der Waals surface area contributed by atoms with Crippen LogP contribution in [0.3, 0.4) is 0 Å². The van der Waals surface area contributed by atoms with Crippen LogP contribution in [0.1, 0.15) is 38.7 Å². The van der Waals surface area contributed by atoms with Crippen molar-refractivity contribution in [3.05, 3.63) is 29.8 Å². The Morgan fingerprint density at radius 2 is 2.12 bits per heavy atom. The maximum absolute atomic E-state index is 12.4. The number of piperidine rings is 1. The van der Waals surface area contributed by atoms with Crippen molar-refractivity contribution < 1.29 is 14.6 Å². The summed E-state index contributed by atoms with van der Waals surface area (Å²) < 4.78 is 5.74. The molecule has 0 aliphatic carbocycles.